The van der Waals surface area contributed by atoms with E-state index < -0.39 is 0 Å². The summed E-state index contributed by atoms with van der Waals surface area (Å²) < 4.78 is 0. The lowest BCUT2D eigenvalue weighted by Crippen LogP contribution is -2.45. The van der Waals surface area contributed by atoms with Crippen molar-refractivity contribution in [2.45, 2.75) is 44.6 Å². The minimum Gasteiger partial charge on any atom is -0.348 e. The summed E-state index contributed by atoms with van der Waals surface area (Å²) in [5.41, 5.74) is 6.24. The highest BCUT2D eigenvalue weighted by molar-refractivity contribution is 5.55. The average molecular weight is 359 g/mol. The number of aromatic amines is 1. The number of hydrogen-bond donors (Lipinski definition) is 1. The van der Waals surface area contributed by atoms with Crippen LogP contribution < -0.4 is 0 Å². The number of aromatic nitrogens is 4. The molecule has 5 heteroatoms. The molecule has 27 heavy (non-hydrogen) atoms. The molecule has 1 spiro atoms. The first kappa shape index (κ1) is 16.6. The second kappa shape index (κ2) is 6.57. The molecule has 0 bridgehead atoms. The molecule has 3 heterocycles. The molecular weight excluding hydrogens is 334 g/mol. The number of hydrogen-bond acceptors (Lipinski definition) is 4. The average Bonchev–Trinajstić information content (AvgIpc) is 3.26. The zero-order chi connectivity index (χ0) is 18.3. The normalized spacial score (nSPS) is 22.3. The van der Waals surface area contributed by atoms with Crippen LogP contribution in [0.1, 0.15) is 41.9 Å². The molecule has 1 atom stereocenters. The second-order valence-corrected chi connectivity index (χ2v) is 8.00. The van der Waals surface area contributed by atoms with Gasteiger partial charge in [0.25, 0.3) is 0 Å². The summed E-state index contributed by atoms with van der Waals surface area (Å²) in [5, 5.41) is 0. The van der Waals surface area contributed by atoms with E-state index in [4.69, 9.17) is 4.98 Å². The van der Waals surface area contributed by atoms with E-state index in [1.54, 1.807) is 6.33 Å². The van der Waals surface area contributed by atoms with Gasteiger partial charge >= 0.3 is 0 Å². The zero-order valence-electron chi connectivity index (χ0n) is 15.8. The van der Waals surface area contributed by atoms with Crippen molar-refractivity contribution in [3.05, 3.63) is 65.5 Å². The highest BCUT2D eigenvalue weighted by Crippen LogP contribution is 2.44. The number of nitrogens with one attached hydrogen (secondary N) is 1. The summed E-state index contributed by atoms with van der Waals surface area (Å²) in [6.45, 7) is 5.23. The monoisotopic (exact) mass is 359 g/mol. The van der Waals surface area contributed by atoms with Crippen molar-refractivity contribution in [1.82, 2.24) is 24.8 Å². The first-order valence-corrected chi connectivity index (χ1v) is 9.87. The molecule has 1 fully saturated rings. The molecule has 1 unspecified atom stereocenters. The molecule has 2 aromatic heterocycles. The molecule has 0 amide bonds. The molecule has 3 aromatic rings. The molecule has 0 saturated carbocycles. The maximum Gasteiger partial charge on any atom is 0.159 e. The molecule has 1 aliphatic carbocycles. The van der Waals surface area contributed by atoms with Gasteiger partial charge in [0.15, 0.2) is 5.82 Å². The minimum atomic E-state index is 0.171. The van der Waals surface area contributed by atoms with Crippen molar-refractivity contribution in [2.75, 3.05) is 13.1 Å². The number of benzene rings is 1. The Hall–Kier alpha value is -2.53. The summed E-state index contributed by atoms with van der Waals surface area (Å²) in [5.74, 6) is 0.857. The van der Waals surface area contributed by atoms with Crippen LogP contribution in [0.3, 0.4) is 0 Å². The standard InChI is InChI=1S/C22H25N5/c1-16-19(25-15-24-16)13-27-11-5-9-22(14-27)10-8-18-12-23-21(26-20(18)22)17-6-3-2-4-7-17/h2-4,6-7,12,15H,5,8-11,13-14H2,1H3,(H,24,25). The van der Waals surface area contributed by atoms with Gasteiger partial charge < -0.3 is 4.98 Å². The molecule has 1 aliphatic heterocycles. The van der Waals surface area contributed by atoms with E-state index in [2.05, 4.69) is 57.2 Å². The molecule has 1 aromatic carbocycles. The van der Waals surface area contributed by atoms with Crippen molar-refractivity contribution < 1.29 is 0 Å². The maximum absolute atomic E-state index is 5.09. The van der Waals surface area contributed by atoms with Gasteiger partial charge in [0.05, 0.1) is 17.7 Å². The first-order valence-electron chi connectivity index (χ1n) is 9.87. The lowest BCUT2D eigenvalue weighted by atomic mass is 9.77. The van der Waals surface area contributed by atoms with E-state index in [1.807, 2.05) is 6.07 Å². The summed E-state index contributed by atoms with van der Waals surface area (Å²) in [6.07, 6.45) is 8.59. The van der Waals surface area contributed by atoms with Crippen LogP contribution in [0.5, 0.6) is 0 Å². The Morgan fingerprint density at radius 2 is 2.04 bits per heavy atom. The van der Waals surface area contributed by atoms with Gasteiger partial charge in [0, 0.05) is 36.0 Å². The third-order valence-electron chi connectivity index (χ3n) is 6.24. The molecule has 5 nitrogen and oxygen atoms in total. The number of imidazole rings is 1. The van der Waals surface area contributed by atoms with Gasteiger partial charge in [-0.2, -0.15) is 0 Å². The lowest BCUT2D eigenvalue weighted by molar-refractivity contribution is 0.135. The molecule has 2 aliphatic rings. The fourth-order valence-electron chi connectivity index (χ4n) is 4.79. The molecule has 5 rings (SSSR count). The Morgan fingerprint density at radius 3 is 2.85 bits per heavy atom. The topological polar surface area (TPSA) is 57.7 Å². The third-order valence-corrected chi connectivity index (χ3v) is 6.24. The van der Waals surface area contributed by atoms with Crippen molar-refractivity contribution >= 4 is 0 Å². The molecular formula is C22H25N5. The van der Waals surface area contributed by atoms with Crippen LogP contribution in [-0.2, 0) is 18.4 Å². The summed E-state index contributed by atoms with van der Waals surface area (Å²) in [6, 6.07) is 10.3. The first-order chi connectivity index (χ1) is 13.2. The Morgan fingerprint density at radius 1 is 1.15 bits per heavy atom. The lowest BCUT2D eigenvalue weighted by Gasteiger charge is -2.40. The third kappa shape index (κ3) is 2.96. The summed E-state index contributed by atoms with van der Waals surface area (Å²) in [7, 11) is 0. The fraction of sp³-hybridized carbons (Fsp3) is 0.409. The van der Waals surface area contributed by atoms with E-state index in [0.29, 0.717) is 0 Å². The maximum atomic E-state index is 5.09. The number of fused-ring (bicyclic) bond motifs is 2. The smallest absolute Gasteiger partial charge is 0.159 e. The number of H-pyrrole nitrogens is 1. The Kier molecular flexibility index (Phi) is 4.05. The van der Waals surface area contributed by atoms with E-state index >= 15 is 0 Å². The van der Waals surface area contributed by atoms with E-state index in [9.17, 15) is 0 Å². The van der Waals surface area contributed by atoms with Crippen LogP contribution in [-0.4, -0.2) is 37.9 Å². The SMILES string of the molecule is Cc1[nH]cnc1CN1CCCC2(CCc3cnc(-c4ccccc4)nc32)C1. The Labute approximate surface area is 159 Å². The van der Waals surface area contributed by atoms with E-state index in [1.165, 1.54) is 36.2 Å². The Balaban J connectivity index is 1.45. The molecule has 0 radical (unpaired) electrons. The van der Waals surface area contributed by atoms with Crippen LogP contribution in [0.25, 0.3) is 11.4 Å². The Bertz CT molecular complexity index is 944. The number of aryl methyl sites for hydroxylation is 2. The van der Waals surface area contributed by atoms with Gasteiger partial charge in [-0.15, -0.1) is 0 Å². The van der Waals surface area contributed by atoms with E-state index in [0.717, 1.165) is 43.1 Å². The molecule has 138 valence electrons. The number of piperidine rings is 1. The van der Waals surface area contributed by atoms with Crippen molar-refractivity contribution in [3.63, 3.8) is 0 Å². The van der Waals surface area contributed by atoms with Gasteiger partial charge in [-0.05, 0) is 44.7 Å². The van der Waals surface area contributed by atoms with Gasteiger partial charge in [-0.1, -0.05) is 30.3 Å². The highest BCUT2D eigenvalue weighted by Gasteiger charge is 2.43. The number of rotatable bonds is 3. The van der Waals surface area contributed by atoms with Crippen molar-refractivity contribution in [3.8, 4) is 11.4 Å². The van der Waals surface area contributed by atoms with E-state index in [-0.39, 0.29) is 5.41 Å². The van der Waals surface area contributed by atoms with Crippen LogP contribution in [0.4, 0.5) is 0 Å². The van der Waals surface area contributed by atoms with Crippen molar-refractivity contribution in [2.24, 2.45) is 0 Å². The van der Waals surface area contributed by atoms with Crippen LogP contribution in [0.2, 0.25) is 0 Å². The number of nitrogens with zero attached hydrogens (tertiary/aromatic N) is 4. The predicted molar refractivity (Wildman–Crippen MR) is 105 cm³/mol. The van der Waals surface area contributed by atoms with Gasteiger partial charge in [0.1, 0.15) is 0 Å². The minimum absolute atomic E-state index is 0.171. The van der Waals surface area contributed by atoms with Crippen LogP contribution >= 0.6 is 0 Å². The summed E-state index contributed by atoms with van der Waals surface area (Å²) >= 11 is 0. The van der Waals surface area contributed by atoms with Gasteiger partial charge in [-0.3, -0.25) is 4.90 Å². The van der Waals surface area contributed by atoms with Crippen LogP contribution in [0.15, 0.2) is 42.9 Å². The molecule has 1 N–H and O–H groups in total. The number of likely N-dealkylation sites (tertiary alicyclic amines) is 1. The zero-order valence-corrected chi connectivity index (χ0v) is 15.8. The van der Waals surface area contributed by atoms with Crippen LogP contribution in [0, 0.1) is 6.92 Å². The quantitative estimate of drug-likeness (QED) is 0.775. The largest absolute Gasteiger partial charge is 0.348 e. The summed E-state index contributed by atoms with van der Waals surface area (Å²) in [4.78, 5) is 20.0. The second-order valence-electron chi connectivity index (χ2n) is 8.00. The highest BCUT2D eigenvalue weighted by atomic mass is 15.2. The fourth-order valence-corrected chi connectivity index (χ4v) is 4.79. The predicted octanol–water partition coefficient (Wildman–Crippen LogP) is 3.66. The van der Waals surface area contributed by atoms with Gasteiger partial charge in [-0.25, -0.2) is 15.0 Å². The molecule has 1 saturated heterocycles. The van der Waals surface area contributed by atoms with Crippen molar-refractivity contribution in [1.29, 1.82) is 0 Å². The van der Waals surface area contributed by atoms with Gasteiger partial charge in [0.2, 0.25) is 0 Å².